The molecule has 2 atom stereocenters. The normalized spacial score (nSPS) is 24.1. The van der Waals surface area contributed by atoms with Crippen LogP contribution < -0.4 is 11.1 Å². The van der Waals surface area contributed by atoms with E-state index >= 15 is 0 Å². The average Bonchev–Trinajstić information content (AvgIpc) is 2.18. The van der Waals surface area contributed by atoms with E-state index < -0.39 is 0 Å². The van der Waals surface area contributed by atoms with Gasteiger partial charge in [-0.2, -0.15) is 0 Å². The average molecular weight is 214 g/mol. The molecule has 0 spiro atoms. The number of carbonyl (C=O) groups excluding carboxylic acids is 1. The van der Waals surface area contributed by atoms with Crippen LogP contribution in [0.2, 0.25) is 0 Å². The van der Waals surface area contributed by atoms with Gasteiger partial charge < -0.3 is 15.8 Å². The lowest BCUT2D eigenvalue weighted by atomic mass is 10.0. The molecular weight excluding hydrogens is 192 g/mol. The van der Waals surface area contributed by atoms with Gasteiger partial charge in [0, 0.05) is 13.2 Å². The monoisotopic (exact) mass is 214 g/mol. The third-order valence-electron chi connectivity index (χ3n) is 2.81. The molecule has 4 nitrogen and oxygen atoms in total. The minimum absolute atomic E-state index is 0.228. The Morgan fingerprint density at radius 2 is 2.27 bits per heavy atom. The maximum Gasteiger partial charge on any atom is 0.234 e. The van der Waals surface area contributed by atoms with Crippen LogP contribution in [0.5, 0.6) is 0 Å². The van der Waals surface area contributed by atoms with Gasteiger partial charge in [0.05, 0.1) is 12.1 Å². The van der Waals surface area contributed by atoms with Crippen LogP contribution in [0.25, 0.3) is 0 Å². The van der Waals surface area contributed by atoms with Crippen LogP contribution in [0.15, 0.2) is 0 Å². The molecule has 1 rings (SSSR count). The van der Waals surface area contributed by atoms with E-state index in [4.69, 9.17) is 10.5 Å². The number of nitrogens with one attached hydrogen (secondary N) is 1. The summed E-state index contributed by atoms with van der Waals surface area (Å²) < 4.78 is 5.57. The first kappa shape index (κ1) is 12.5. The molecule has 0 aromatic heterocycles. The van der Waals surface area contributed by atoms with Crippen molar-refractivity contribution in [3.63, 3.8) is 0 Å². The largest absolute Gasteiger partial charge is 0.377 e. The van der Waals surface area contributed by atoms with E-state index in [0.29, 0.717) is 0 Å². The molecular formula is C11H22N2O2. The molecule has 2 unspecified atom stereocenters. The highest BCUT2D eigenvalue weighted by Crippen LogP contribution is 2.12. The Kier molecular flexibility index (Phi) is 5.05. The van der Waals surface area contributed by atoms with E-state index in [1.54, 1.807) is 0 Å². The van der Waals surface area contributed by atoms with Gasteiger partial charge in [0.15, 0.2) is 0 Å². The van der Waals surface area contributed by atoms with Crippen molar-refractivity contribution in [1.82, 2.24) is 5.32 Å². The van der Waals surface area contributed by atoms with Crippen molar-refractivity contribution in [2.45, 2.75) is 45.3 Å². The molecule has 0 aliphatic carbocycles. The summed E-state index contributed by atoms with van der Waals surface area (Å²) in [5.41, 5.74) is 5.31. The minimum Gasteiger partial charge on any atom is -0.377 e. The Morgan fingerprint density at radius 3 is 2.73 bits per heavy atom. The minimum atomic E-state index is -0.277. The van der Waals surface area contributed by atoms with Crippen LogP contribution in [0.3, 0.4) is 0 Å². The first-order chi connectivity index (χ1) is 7.11. The fourth-order valence-electron chi connectivity index (χ4n) is 1.89. The first-order valence-electron chi connectivity index (χ1n) is 5.75. The van der Waals surface area contributed by atoms with Gasteiger partial charge in [-0.15, -0.1) is 0 Å². The Bertz CT molecular complexity index is 201. The van der Waals surface area contributed by atoms with Gasteiger partial charge in [-0.3, -0.25) is 4.79 Å². The Hall–Kier alpha value is -0.610. The molecule has 0 aromatic carbocycles. The molecule has 1 amide bonds. The topological polar surface area (TPSA) is 64.3 Å². The summed E-state index contributed by atoms with van der Waals surface area (Å²) in [7, 11) is 0. The van der Waals surface area contributed by atoms with Crippen LogP contribution in [0, 0.1) is 5.92 Å². The van der Waals surface area contributed by atoms with Gasteiger partial charge in [0.1, 0.15) is 0 Å². The van der Waals surface area contributed by atoms with E-state index in [-0.39, 0.29) is 24.0 Å². The van der Waals surface area contributed by atoms with Crippen molar-refractivity contribution >= 4 is 5.91 Å². The maximum atomic E-state index is 11.1. The molecule has 15 heavy (non-hydrogen) atoms. The Balaban J connectivity index is 2.29. The molecule has 1 saturated heterocycles. The van der Waals surface area contributed by atoms with Gasteiger partial charge in [-0.1, -0.05) is 13.8 Å². The van der Waals surface area contributed by atoms with Crippen molar-refractivity contribution in [3.8, 4) is 0 Å². The van der Waals surface area contributed by atoms with Gasteiger partial charge in [-0.25, -0.2) is 0 Å². The van der Waals surface area contributed by atoms with Crippen molar-refractivity contribution in [2.75, 3.05) is 13.2 Å². The van der Waals surface area contributed by atoms with Crippen LogP contribution >= 0.6 is 0 Å². The van der Waals surface area contributed by atoms with Crippen LogP contribution in [-0.4, -0.2) is 31.2 Å². The summed E-state index contributed by atoms with van der Waals surface area (Å²) in [6.45, 7) is 5.55. The summed E-state index contributed by atoms with van der Waals surface area (Å²) in [5.74, 6) is -0.0492. The highest BCUT2D eigenvalue weighted by molar-refractivity contribution is 5.80. The summed E-state index contributed by atoms with van der Waals surface area (Å²) in [4.78, 5) is 11.1. The smallest absolute Gasteiger partial charge is 0.234 e. The lowest BCUT2D eigenvalue weighted by Gasteiger charge is -2.26. The third-order valence-corrected chi connectivity index (χ3v) is 2.81. The number of hydrogen-bond donors (Lipinski definition) is 2. The standard InChI is InChI=1S/C11H22N2O2/c1-8(2)10(11(12)14)13-7-9-5-3-4-6-15-9/h8-10,13H,3-7H2,1-2H3,(H2,12,14). The van der Waals surface area contributed by atoms with Crippen LogP contribution in [-0.2, 0) is 9.53 Å². The van der Waals surface area contributed by atoms with Crippen LogP contribution in [0.1, 0.15) is 33.1 Å². The highest BCUT2D eigenvalue weighted by Gasteiger charge is 2.21. The highest BCUT2D eigenvalue weighted by atomic mass is 16.5. The number of carbonyl (C=O) groups is 1. The van der Waals surface area contributed by atoms with Gasteiger partial charge >= 0.3 is 0 Å². The predicted octanol–water partition coefficient (Wildman–Crippen LogP) is 0.655. The van der Waals surface area contributed by atoms with Crippen molar-refractivity contribution in [3.05, 3.63) is 0 Å². The number of rotatable bonds is 5. The zero-order valence-electron chi connectivity index (χ0n) is 9.66. The second-order valence-corrected chi connectivity index (χ2v) is 4.52. The third kappa shape index (κ3) is 4.18. The molecule has 0 bridgehead atoms. The van der Waals surface area contributed by atoms with Crippen LogP contribution in [0.4, 0.5) is 0 Å². The zero-order valence-corrected chi connectivity index (χ0v) is 9.66. The SMILES string of the molecule is CC(C)C(NCC1CCCCO1)C(N)=O. The van der Waals surface area contributed by atoms with Crippen molar-refractivity contribution in [1.29, 1.82) is 0 Å². The lowest BCUT2D eigenvalue weighted by molar-refractivity contribution is -0.121. The van der Waals surface area contributed by atoms with Gasteiger partial charge in [0.2, 0.25) is 5.91 Å². The summed E-state index contributed by atoms with van der Waals surface area (Å²) >= 11 is 0. The molecule has 0 aromatic rings. The van der Waals surface area contributed by atoms with E-state index in [1.165, 1.54) is 6.42 Å². The number of hydrogen-bond acceptors (Lipinski definition) is 3. The molecule has 1 fully saturated rings. The Labute approximate surface area is 91.5 Å². The fraction of sp³-hybridized carbons (Fsp3) is 0.909. The number of primary amides is 1. The first-order valence-corrected chi connectivity index (χ1v) is 5.75. The summed E-state index contributed by atoms with van der Waals surface area (Å²) in [6.07, 6.45) is 3.70. The molecule has 1 heterocycles. The lowest BCUT2D eigenvalue weighted by Crippen LogP contribution is -2.48. The molecule has 88 valence electrons. The Morgan fingerprint density at radius 1 is 1.53 bits per heavy atom. The second kappa shape index (κ2) is 6.08. The van der Waals surface area contributed by atoms with Gasteiger partial charge in [0.25, 0.3) is 0 Å². The predicted molar refractivity (Wildman–Crippen MR) is 59.4 cm³/mol. The summed E-state index contributed by atoms with van der Waals surface area (Å²) in [5, 5.41) is 3.19. The summed E-state index contributed by atoms with van der Waals surface area (Å²) in [6, 6.07) is -0.240. The fourth-order valence-corrected chi connectivity index (χ4v) is 1.89. The number of amides is 1. The zero-order chi connectivity index (χ0) is 11.3. The number of nitrogens with two attached hydrogens (primary N) is 1. The molecule has 3 N–H and O–H groups in total. The quantitative estimate of drug-likeness (QED) is 0.706. The van der Waals surface area contributed by atoms with E-state index in [1.807, 2.05) is 13.8 Å². The van der Waals surface area contributed by atoms with E-state index in [9.17, 15) is 4.79 Å². The molecule has 0 radical (unpaired) electrons. The molecule has 1 aliphatic heterocycles. The second-order valence-electron chi connectivity index (χ2n) is 4.52. The van der Waals surface area contributed by atoms with Gasteiger partial charge in [-0.05, 0) is 25.2 Å². The molecule has 4 heteroatoms. The number of ether oxygens (including phenoxy) is 1. The van der Waals surface area contributed by atoms with Crippen molar-refractivity contribution < 1.29 is 9.53 Å². The van der Waals surface area contributed by atoms with Crippen molar-refractivity contribution in [2.24, 2.45) is 11.7 Å². The molecule has 0 saturated carbocycles. The maximum absolute atomic E-state index is 11.1. The van der Waals surface area contributed by atoms with E-state index in [2.05, 4.69) is 5.32 Å². The van der Waals surface area contributed by atoms with E-state index in [0.717, 1.165) is 26.0 Å². The molecule has 1 aliphatic rings.